The molecular weight excluding hydrogens is 200 g/mol. The van der Waals surface area contributed by atoms with Crippen LogP contribution in [0.4, 0.5) is 0 Å². The number of hydrogen-bond acceptors (Lipinski definition) is 3. The molecule has 1 aliphatic rings. The van der Waals surface area contributed by atoms with Gasteiger partial charge < -0.3 is 15.3 Å². The van der Waals surface area contributed by atoms with Crippen LogP contribution in [0.3, 0.4) is 0 Å². The highest BCUT2D eigenvalue weighted by Gasteiger charge is 2.17. The van der Waals surface area contributed by atoms with Gasteiger partial charge in [0, 0.05) is 19.2 Å². The van der Waals surface area contributed by atoms with E-state index in [9.17, 15) is 0 Å². The van der Waals surface area contributed by atoms with Crippen LogP contribution in [0.15, 0.2) is 0 Å². The summed E-state index contributed by atoms with van der Waals surface area (Å²) >= 11 is 0. The molecule has 0 saturated carbocycles. The first-order chi connectivity index (χ1) is 7.86. The molecule has 0 bridgehead atoms. The standard InChI is InChI=1S/C13H28N2O/c1-2-3-9-15(10-4-5-11-16)12-13-7-6-8-14-13/h13-14,16H,2-12H2,1H3. The summed E-state index contributed by atoms with van der Waals surface area (Å²) in [4.78, 5) is 2.57. The van der Waals surface area contributed by atoms with E-state index in [0.717, 1.165) is 19.4 Å². The Labute approximate surface area is 100 Å². The van der Waals surface area contributed by atoms with E-state index in [-0.39, 0.29) is 0 Å². The minimum Gasteiger partial charge on any atom is -0.396 e. The predicted molar refractivity (Wildman–Crippen MR) is 68.7 cm³/mol. The van der Waals surface area contributed by atoms with E-state index in [1.165, 1.54) is 45.3 Å². The van der Waals surface area contributed by atoms with Crippen molar-refractivity contribution in [1.82, 2.24) is 10.2 Å². The zero-order chi connectivity index (χ0) is 11.6. The normalized spacial score (nSPS) is 20.8. The van der Waals surface area contributed by atoms with Crippen molar-refractivity contribution < 1.29 is 5.11 Å². The van der Waals surface area contributed by atoms with Gasteiger partial charge in [0.2, 0.25) is 0 Å². The number of hydrogen-bond donors (Lipinski definition) is 2. The lowest BCUT2D eigenvalue weighted by Gasteiger charge is -2.25. The largest absolute Gasteiger partial charge is 0.396 e. The molecular formula is C13H28N2O. The first-order valence-electron chi connectivity index (χ1n) is 6.93. The maximum absolute atomic E-state index is 8.81. The van der Waals surface area contributed by atoms with Gasteiger partial charge >= 0.3 is 0 Å². The second-order valence-corrected chi connectivity index (χ2v) is 4.88. The van der Waals surface area contributed by atoms with E-state index >= 15 is 0 Å². The quantitative estimate of drug-likeness (QED) is 0.589. The molecule has 0 aliphatic carbocycles. The van der Waals surface area contributed by atoms with Gasteiger partial charge in [-0.3, -0.25) is 0 Å². The van der Waals surface area contributed by atoms with Crippen LogP contribution in [0.2, 0.25) is 0 Å². The highest BCUT2D eigenvalue weighted by molar-refractivity contribution is 4.77. The fourth-order valence-corrected chi connectivity index (χ4v) is 2.35. The van der Waals surface area contributed by atoms with Crippen molar-refractivity contribution in [3.05, 3.63) is 0 Å². The van der Waals surface area contributed by atoms with E-state index in [2.05, 4.69) is 17.1 Å². The van der Waals surface area contributed by atoms with Crippen LogP contribution in [0, 0.1) is 0 Å². The molecule has 1 atom stereocenters. The van der Waals surface area contributed by atoms with Gasteiger partial charge in [-0.1, -0.05) is 13.3 Å². The first kappa shape index (κ1) is 13.9. The van der Waals surface area contributed by atoms with E-state index in [1.54, 1.807) is 0 Å². The van der Waals surface area contributed by atoms with Crippen molar-refractivity contribution in [1.29, 1.82) is 0 Å². The third-order valence-electron chi connectivity index (χ3n) is 3.35. The number of unbranched alkanes of at least 4 members (excludes halogenated alkanes) is 2. The topological polar surface area (TPSA) is 35.5 Å². The highest BCUT2D eigenvalue weighted by atomic mass is 16.2. The summed E-state index contributed by atoms with van der Waals surface area (Å²) in [5.41, 5.74) is 0. The molecule has 1 fully saturated rings. The molecule has 0 aromatic rings. The van der Waals surface area contributed by atoms with Crippen LogP contribution < -0.4 is 5.32 Å². The summed E-state index contributed by atoms with van der Waals surface area (Å²) in [6.07, 6.45) is 7.32. The maximum Gasteiger partial charge on any atom is 0.0431 e. The molecule has 1 aliphatic heterocycles. The molecule has 0 spiro atoms. The summed E-state index contributed by atoms with van der Waals surface area (Å²) in [5.74, 6) is 0. The highest BCUT2D eigenvalue weighted by Crippen LogP contribution is 2.08. The smallest absolute Gasteiger partial charge is 0.0431 e. The lowest BCUT2D eigenvalue weighted by molar-refractivity contribution is 0.224. The lowest BCUT2D eigenvalue weighted by atomic mass is 10.2. The van der Waals surface area contributed by atoms with Gasteiger partial charge in [-0.2, -0.15) is 0 Å². The van der Waals surface area contributed by atoms with Crippen LogP contribution in [-0.2, 0) is 0 Å². The van der Waals surface area contributed by atoms with Gasteiger partial charge in [0.1, 0.15) is 0 Å². The monoisotopic (exact) mass is 228 g/mol. The first-order valence-corrected chi connectivity index (χ1v) is 6.93. The molecule has 16 heavy (non-hydrogen) atoms. The minimum atomic E-state index is 0.337. The second-order valence-electron chi connectivity index (χ2n) is 4.88. The minimum absolute atomic E-state index is 0.337. The predicted octanol–water partition coefficient (Wildman–Crippen LogP) is 1.61. The van der Waals surface area contributed by atoms with Crippen LogP contribution in [-0.4, -0.2) is 48.8 Å². The molecule has 3 nitrogen and oxygen atoms in total. The Morgan fingerprint density at radius 3 is 2.69 bits per heavy atom. The maximum atomic E-state index is 8.81. The summed E-state index contributed by atoms with van der Waals surface area (Å²) in [5, 5.41) is 12.4. The van der Waals surface area contributed by atoms with Crippen molar-refractivity contribution in [3.8, 4) is 0 Å². The number of nitrogens with zero attached hydrogens (tertiary/aromatic N) is 1. The molecule has 96 valence electrons. The molecule has 0 radical (unpaired) electrons. The van der Waals surface area contributed by atoms with E-state index < -0.39 is 0 Å². The average molecular weight is 228 g/mol. The lowest BCUT2D eigenvalue weighted by Crippen LogP contribution is -2.38. The number of aliphatic hydroxyl groups excluding tert-OH is 1. The van der Waals surface area contributed by atoms with E-state index in [4.69, 9.17) is 5.11 Å². The SMILES string of the molecule is CCCCN(CCCCO)CC1CCCN1. The van der Waals surface area contributed by atoms with E-state index in [0.29, 0.717) is 12.6 Å². The van der Waals surface area contributed by atoms with Crippen molar-refractivity contribution in [3.63, 3.8) is 0 Å². The van der Waals surface area contributed by atoms with Crippen LogP contribution >= 0.6 is 0 Å². The summed E-state index contributed by atoms with van der Waals surface area (Å²) in [6.45, 7) is 7.36. The van der Waals surface area contributed by atoms with Gasteiger partial charge in [0.25, 0.3) is 0 Å². The van der Waals surface area contributed by atoms with Gasteiger partial charge in [-0.25, -0.2) is 0 Å². The van der Waals surface area contributed by atoms with Crippen LogP contribution in [0.1, 0.15) is 45.4 Å². The fourth-order valence-electron chi connectivity index (χ4n) is 2.35. The Balaban J connectivity index is 2.18. The summed E-state index contributed by atoms with van der Waals surface area (Å²) in [7, 11) is 0. The van der Waals surface area contributed by atoms with Gasteiger partial charge in [0.15, 0.2) is 0 Å². The molecule has 1 rings (SSSR count). The molecule has 0 amide bonds. The summed E-state index contributed by atoms with van der Waals surface area (Å²) in [6, 6.07) is 0.714. The zero-order valence-electron chi connectivity index (χ0n) is 10.7. The fraction of sp³-hybridized carbons (Fsp3) is 1.00. The van der Waals surface area contributed by atoms with Gasteiger partial charge in [-0.15, -0.1) is 0 Å². The molecule has 3 heteroatoms. The number of rotatable bonds is 9. The van der Waals surface area contributed by atoms with Crippen molar-refractivity contribution in [2.75, 3.05) is 32.8 Å². The Morgan fingerprint density at radius 1 is 1.25 bits per heavy atom. The second kappa shape index (κ2) is 8.97. The zero-order valence-corrected chi connectivity index (χ0v) is 10.7. The molecule has 1 heterocycles. The van der Waals surface area contributed by atoms with Crippen molar-refractivity contribution in [2.24, 2.45) is 0 Å². The Bertz CT molecular complexity index is 158. The summed E-state index contributed by atoms with van der Waals surface area (Å²) < 4.78 is 0. The molecule has 2 N–H and O–H groups in total. The Morgan fingerprint density at radius 2 is 2.06 bits per heavy atom. The molecule has 0 aromatic carbocycles. The third kappa shape index (κ3) is 5.83. The van der Waals surface area contributed by atoms with Gasteiger partial charge in [0.05, 0.1) is 0 Å². The Hall–Kier alpha value is -0.120. The third-order valence-corrected chi connectivity index (χ3v) is 3.35. The Kier molecular flexibility index (Phi) is 7.81. The van der Waals surface area contributed by atoms with Crippen LogP contribution in [0.25, 0.3) is 0 Å². The van der Waals surface area contributed by atoms with E-state index in [1.807, 2.05) is 0 Å². The number of nitrogens with one attached hydrogen (secondary N) is 1. The average Bonchev–Trinajstić information content (AvgIpc) is 2.78. The number of aliphatic hydroxyl groups is 1. The molecule has 1 unspecified atom stereocenters. The molecule has 0 aromatic heterocycles. The molecule has 1 saturated heterocycles. The van der Waals surface area contributed by atoms with Crippen LogP contribution in [0.5, 0.6) is 0 Å². The van der Waals surface area contributed by atoms with Crippen molar-refractivity contribution in [2.45, 2.75) is 51.5 Å². The van der Waals surface area contributed by atoms with Crippen molar-refractivity contribution >= 4 is 0 Å². The van der Waals surface area contributed by atoms with Gasteiger partial charge in [-0.05, 0) is 51.7 Å².